The van der Waals surface area contributed by atoms with Gasteiger partial charge in [0.15, 0.2) is 0 Å². The summed E-state index contributed by atoms with van der Waals surface area (Å²) < 4.78 is 17.9. The molecule has 6 heteroatoms. The Hall–Kier alpha value is -1.95. The van der Waals surface area contributed by atoms with E-state index in [1.807, 2.05) is 0 Å². The number of hydrogen-bond donors (Lipinski definition) is 2. The Kier molecular flexibility index (Phi) is 5.79. The van der Waals surface area contributed by atoms with Crippen molar-refractivity contribution in [3.8, 4) is 0 Å². The number of ether oxygens (including phenoxy) is 1. The third-order valence-electron chi connectivity index (χ3n) is 2.07. The normalized spacial score (nSPS) is 9.89. The fourth-order valence-corrected chi connectivity index (χ4v) is 1.26. The molecule has 1 aromatic carbocycles. The summed E-state index contributed by atoms with van der Waals surface area (Å²) in [7, 11) is 0. The highest BCUT2D eigenvalue weighted by Gasteiger charge is 2.09. The van der Waals surface area contributed by atoms with Crippen LogP contribution >= 0.6 is 0 Å². The SMILES string of the molecule is CCOC(=O)CNCNC(=O)c1ccccc1F. The van der Waals surface area contributed by atoms with E-state index >= 15 is 0 Å². The quantitative estimate of drug-likeness (QED) is 0.445. The second-order valence-corrected chi connectivity index (χ2v) is 3.39. The first kappa shape index (κ1) is 14.1. The minimum Gasteiger partial charge on any atom is -0.465 e. The Morgan fingerprint density at radius 1 is 1.33 bits per heavy atom. The molecule has 0 fully saturated rings. The lowest BCUT2D eigenvalue weighted by molar-refractivity contribution is -0.142. The molecular weight excluding hydrogens is 239 g/mol. The highest BCUT2D eigenvalue weighted by atomic mass is 19.1. The lowest BCUT2D eigenvalue weighted by atomic mass is 10.2. The van der Waals surface area contributed by atoms with Gasteiger partial charge in [-0.2, -0.15) is 0 Å². The zero-order valence-corrected chi connectivity index (χ0v) is 10.0. The molecule has 0 heterocycles. The number of benzene rings is 1. The maximum atomic E-state index is 13.2. The summed E-state index contributed by atoms with van der Waals surface area (Å²) in [6.07, 6.45) is 0. The van der Waals surface area contributed by atoms with Crippen LogP contribution in [-0.4, -0.2) is 31.7 Å². The molecule has 0 atom stereocenters. The first-order valence-corrected chi connectivity index (χ1v) is 5.54. The topological polar surface area (TPSA) is 67.4 Å². The number of amides is 1. The minimum atomic E-state index is -0.583. The number of hydrogen-bond acceptors (Lipinski definition) is 4. The zero-order valence-electron chi connectivity index (χ0n) is 10.0. The molecule has 2 N–H and O–H groups in total. The van der Waals surface area contributed by atoms with Crippen LogP contribution in [-0.2, 0) is 9.53 Å². The summed E-state index contributed by atoms with van der Waals surface area (Å²) in [5.41, 5.74) is -0.0320. The van der Waals surface area contributed by atoms with E-state index in [1.165, 1.54) is 18.2 Å². The standard InChI is InChI=1S/C12H15FN2O3/c1-2-18-11(16)7-14-8-15-12(17)9-5-3-4-6-10(9)13/h3-6,14H,2,7-8H2,1H3,(H,15,17). The van der Waals surface area contributed by atoms with E-state index in [2.05, 4.69) is 15.4 Å². The van der Waals surface area contributed by atoms with Crippen molar-refractivity contribution in [2.75, 3.05) is 19.8 Å². The van der Waals surface area contributed by atoms with Gasteiger partial charge in [0, 0.05) is 0 Å². The summed E-state index contributed by atoms with van der Waals surface area (Å²) in [5.74, 6) is -1.53. The molecule has 18 heavy (non-hydrogen) atoms. The third-order valence-corrected chi connectivity index (χ3v) is 2.07. The number of rotatable bonds is 6. The van der Waals surface area contributed by atoms with Crippen molar-refractivity contribution in [2.45, 2.75) is 6.92 Å². The molecule has 0 saturated carbocycles. The van der Waals surface area contributed by atoms with E-state index in [0.29, 0.717) is 6.61 Å². The van der Waals surface area contributed by atoms with Crippen molar-refractivity contribution in [3.05, 3.63) is 35.6 Å². The van der Waals surface area contributed by atoms with E-state index in [4.69, 9.17) is 0 Å². The molecule has 1 rings (SSSR count). The van der Waals surface area contributed by atoms with Gasteiger partial charge in [0.25, 0.3) is 5.91 Å². The molecule has 0 spiro atoms. The second kappa shape index (κ2) is 7.39. The predicted octanol–water partition coefficient (Wildman–Crippen LogP) is 0.666. The van der Waals surface area contributed by atoms with Gasteiger partial charge in [0.2, 0.25) is 0 Å². The Labute approximate surface area is 104 Å². The van der Waals surface area contributed by atoms with Crippen LogP contribution in [0.2, 0.25) is 0 Å². The average Bonchev–Trinajstić information content (AvgIpc) is 2.35. The maximum Gasteiger partial charge on any atom is 0.319 e. The summed E-state index contributed by atoms with van der Waals surface area (Å²) in [4.78, 5) is 22.5. The van der Waals surface area contributed by atoms with Crippen molar-refractivity contribution in [1.82, 2.24) is 10.6 Å². The summed E-state index contributed by atoms with van der Waals surface area (Å²) >= 11 is 0. The van der Waals surface area contributed by atoms with Gasteiger partial charge in [-0.3, -0.25) is 14.9 Å². The first-order chi connectivity index (χ1) is 8.65. The average molecular weight is 254 g/mol. The van der Waals surface area contributed by atoms with Gasteiger partial charge in [-0.25, -0.2) is 4.39 Å². The third kappa shape index (κ3) is 4.50. The Morgan fingerprint density at radius 3 is 2.72 bits per heavy atom. The van der Waals surface area contributed by atoms with E-state index in [1.54, 1.807) is 13.0 Å². The molecule has 0 radical (unpaired) electrons. The smallest absolute Gasteiger partial charge is 0.319 e. The van der Waals surface area contributed by atoms with Gasteiger partial charge in [-0.1, -0.05) is 12.1 Å². The molecule has 0 aliphatic heterocycles. The Morgan fingerprint density at radius 2 is 2.06 bits per heavy atom. The van der Waals surface area contributed by atoms with Crippen LogP contribution in [0.1, 0.15) is 17.3 Å². The molecule has 98 valence electrons. The van der Waals surface area contributed by atoms with Crippen LogP contribution < -0.4 is 10.6 Å². The van der Waals surface area contributed by atoms with Crippen LogP contribution in [0.25, 0.3) is 0 Å². The van der Waals surface area contributed by atoms with E-state index in [-0.39, 0.29) is 18.8 Å². The lowest BCUT2D eigenvalue weighted by Crippen LogP contribution is -2.37. The summed E-state index contributed by atoms with van der Waals surface area (Å²) in [5, 5.41) is 5.10. The molecule has 0 unspecified atom stereocenters. The lowest BCUT2D eigenvalue weighted by Gasteiger charge is -2.07. The van der Waals surface area contributed by atoms with Crippen molar-refractivity contribution in [3.63, 3.8) is 0 Å². The molecular formula is C12H15FN2O3. The highest BCUT2D eigenvalue weighted by Crippen LogP contribution is 2.05. The number of halogens is 1. The van der Waals surface area contributed by atoms with Crippen LogP contribution in [0.15, 0.2) is 24.3 Å². The fourth-order valence-electron chi connectivity index (χ4n) is 1.26. The zero-order chi connectivity index (χ0) is 13.4. The molecule has 0 bridgehead atoms. The van der Waals surface area contributed by atoms with Crippen LogP contribution in [0.3, 0.4) is 0 Å². The first-order valence-electron chi connectivity index (χ1n) is 5.54. The van der Waals surface area contributed by atoms with Crippen LogP contribution in [0.4, 0.5) is 4.39 Å². The number of nitrogens with one attached hydrogen (secondary N) is 2. The van der Waals surface area contributed by atoms with E-state index < -0.39 is 17.7 Å². The van der Waals surface area contributed by atoms with Gasteiger partial charge < -0.3 is 10.1 Å². The minimum absolute atomic E-state index is 0.00854. The van der Waals surface area contributed by atoms with Crippen molar-refractivity contribution in [1.29, 1.82) is 0 Å². The Bertz CT molecular complexity index is 424. The van der Waals surface area contributed by atoms with Gasteiger partial charge in [0.05, 0.1) is 25.4 Å². The molecule has 5 nitrogen and oxygen atoms in total. The predicted molar refractivity (Wildman–Crippen MR) is 63.4 cm³/mol. The van der Waals surface area contributed by atoms with Gasteiger partial charge in [-0.15, -0.1) is 0 Å². The van der Waals surface area contributed by atoms with Crippen molar-refractivity contribution < 1.29 is 18.7 Å². The molecule has 1 amide bonds. The highest BCUT2D eigenvalue weighted by molar-refractivity contribution is 5.94. The molecule has 0 saturated heterocycles. The van der Waals surface area contributed by atoms with Gasteiger partial charge in [0.1, 0.15) is 5.82 Å². The van der Waals surface area contributed by atoms with E-state index in [9.17, 15) is 14.0 Å². The van der Waals surface area contributed by atoms with Gasteiger partial charge in [-0.05, 0) is 19.1 Å². The van der Waals surface area contributed by atoms with Crippen molar-refractivity contribution in [2.24, 2.45) is 0 Å². The number of carbonyl (C=O) groups excluding carboxylic acids is 2. The van der Waals surface area contributed by atoms with Gasteiger partial charge >= 0.3 is 5.97 Å². The van der Waals surface area contributed by atoms with Crippen LogP contribution in [0, 0.1) is 5.82 Å². The fraction of sp³-hybridized carbons (Fsp3) is 0.333. The largest absolute Gasteiger partial charge is 0.465 e. The summed E-state index contributed by atoms with van der Waals surface area (Å²) in [6, 6.07) is 5.67. The van der Waals surface area contributed by atoms with Crippen molar-refractivity contribution >= 4 is 11.9 Å². The number of carbonyl (C=O) groups is 2. The van der Waals surface area contributed by atoms with Crippen LogP contribution in [0.5, 0.6) is 0 Å². The summed E-state index contributed by atoms with van der Waals surface area (Å²) in [6.45, 7) is 2.07. The number of esters is 1. The molecule has 0 aromatic heterocycles. The monoisotopic (exact) mass is 254 g/mol. The van der Waals surface area contributed by atoms with E-state index in [0.717, 1.165) is 0 Å². The Balaban J connectivity index is 2.30. The second-order valence-electron chi connectivity index (χ2n) is 3.39. The molecule has 1 aromatic rings. The molecule has 0 aliphatic carbocycles. The molecule has 0 aliphatic rings. The maximum absolute atomic E-state index is 13.2.